The highest BCUT2D eigenvalue weighted by molar-refractivity contribution is 6.47. The molecule has 0 bridgehead atoms. The smallest absolute Gasteiger partial charge is 0.295 e. The Morgan fingerprint density at radius 2 is 1.38 bits per heavy atom. The van der Waals surface area contributed by atoms with Crippen LogP contribution in [0.5, 0.6) is 23.0 Å². The molecule has 0 spiro atoms. The van der Waals surface area contributed by atoms with Crippen molar-refractivity contribution in [2.24, 2.45) is 0 Å². The number of ether oxygens (including phenoxy) is 4. The molecule has 4 rings (SSSR count). The molecule has 1 saturated heterocycles. The van der Waals surface area contributed by atoms with E-state index < -0.39 is 17.7 Å². The minimum atomic E-state index is -0.868. The number of Topliss-reactive ketones (excluding diaryl/α,β-unsaturated/α-hetero) is 1. The molecule has 0 saturated carbocycles. The van der Waals surface area contributed by atoms with Crippen LogP contribution in [0.4, 0.5) is 0 Å². The second-order valence-electron chi connectivity index (χ2n) is 8.14. The maximum Gasteiger partial charge on any atom is 0.295 e. The van der Waals surface area contributed by atoms with E-state index in [1.807, 2.05) is 0 Å². The van der Waals surface area contributed by atoms with Gasteiger partial charge in [0.1, 0.15) is 35.4 Å². The fraction of sp³-hybridized carbons (Fsp3) is 0.214. The van der Waals surface area contributed by atoms with E-state index in [1.165, 1.54) is 18.1 Å². The van der Waals surface area contributed by atoms with Crippen molar-refractivity contribution in [3.8, 4) is 23.0 Å². The lowest BCUT2D eigenvalue weighted by atomic mass is 9.95. The number of likely N-dealkylation sites (tertiary alicyclic amines) is 1. The van der Waals surface area contributed by atoms with Crippen LogP contribution < -0.4 is 18.9 Å². The average molecular weight is 524 g/mol. The summed E-state index contributed by atoms with van der Waals surface area (Å²) in [5.41, 5.74) is 0.729. The molecule has 3 aromatic carbocycles. The van der Waals surface area contributed by atoms with Gasteiger partial charge in [-0.25, -0.2) is 0 Å². The first kappa shape index (κ1) is 25.9. The molecule has 1 aliphatic rings. The molecular formula is C28H26ClNO7. The third kappa shape index (κ3) is 5.34. The van der Waals surface area contributed by atoms with Crippen molar-refractivity contribution in [1.29, 1.82) is 0 Å². The predicted molar refractivity (Wildman–Crippen MR) is 138 cm³/mol. The number of methoxy groups -OCH3 is 3. The van der Waals surface area contributed by atoms with Gasteiger partial charge in [0.05, 0.1) is 44.5 Å². The highest BCUT2D eigenvalue weighted by Gasteiger charge is 2.46. The summed E-state index contributed by atoms with van der Waals surface area (Å²) in [6.07, 6.45) is 0. The number of amides is 1. The highest BCUT2D eigenvalue weighted by Crippen LogP contribution is 2.41. The van der Waals surface area contributed by atoms with Crippen LogP contribution in [0, 0.1) is 0 Å². The first-order valence-corrected chi connectivity index (χ1v) is 11.8. The molecule has 0 aliphatic carbocycles. The first-order chi connectivity index (χ1) is 17.9. The number of carbonyl (C=O) groups is 2. The number of aliphatic hydroxyl groups is 1. The normalized spacial score (nSPS) is 16.5. The van der Waals surface area contributed by atoms with Gasteiger partial charge in [0.15, 0.2) is 0 Å². The Kier molecular flexibility index (Phi) is 7.89. The molecule has 9 heteroatoms. The Bertz CT molecular complexity index is 1320. The summed E-state index contributed by atoms with van der Waals surface area (Å²) < 4.78 is 21.5. The highest BCUT2D eigenvalue weighted by atomic mass is 35.5. The Hall–Kier alpha value is -4.17. The van der Waals surface area contributed by atoms with E-state index in [9.17, 15) is 14.7 Å². The standard InChI is InChI=1S/C28H26ClNO7/c1-34-18-6-4-17(5-7-18)25-24(26(31)22-16-21(36-3)12-13-23(22)29)27(32)28(33)30(25)14-15-37-20-10-8-19(35-2)9-11-20/h4-13,16,25,31H,14-15H2,1-3H3/b26-24+. The molecule has 1 heterocycles. The monoisotopic (exact) mass is 523 g/mol. The van der Waals surface area contributed by atoms with E-state index in [0.717, 1.165) is 0 Å². The van der Waals surface area contributed by atoms with Crippen LogP contribution in [0.25, 0.3) is 5.76 Å². The molecule has 1 N–H and O–H groups in total. The van der Waals surface area contributed by atoms with Crippen LogP contribution >= 0.6 is 11.6 Å². The number of nitrogens with zero attached hydrogens (tertiary/aromatic N) is 1. The quantitative estimate of drug-likeness (QED) is 0.243. The van der Waals surface area contributed by atoms with Gasteiger partial charge in [-0.2, -0.15) is 0 Å². The molecule has 37 heavy (non-hydrogen) atoms. The molecule has 0 aromatic heterocycles. The van der Waals surface area contributed by atoms with Gasteiger partial charge in [-0.1, -0.05) is 23.7 Å². The van der Waals surface area contributed by atoms with Crippen LogP contribution in [0.15, 0.2) is 72.3 Å². The number of hydrogen-bond donors (Lipinski definition) is 1. The summed E-state index contributed by atoms with van der Waals surface area (Å²) in [5, 5.41) is 11.5. The van der Waals surface area contributed by atoms with Gasteiger partial charge in [0, 0.05) is 5.56 Å². The third-order valence-corrected chi connectivity index (χ3v) is 6.39. The topological polar surface area (TPSA) is 94.5 Å². The average Bonchev–Trinajstić information content (AvgIpc) is 3.18. The lowest BCUT2D eigenvalue weighted by Crippen LogP contribution is -2.33. The minimum absolute atomic E-state index is 0.0743. The van der Waals surface area contributed by atoms with E-state index in [-0.39, 0.29) is 35.1 Å². The van der Waals surface area contributed by atoms with Gasteiger partial charge in [-0.05, 0) is 60.2 Å². The van der Waals surface area contributed by atoms with E-state index in [4.69, 9.17) is 30.5 Å². The summed E-state index contributed by atoms with van der Waals surface area (Å²) in [6.45, 7) is 0.210. The van der Waals surface area contributed by atoms with Crippen molar-refractivity contribution in [2.75, 3.05) is 34.5 Å². The molecule has 1 atom stereocenters. The Balaban J connectivity index is 1.71. The van der Waals surface area contributed by atoms with Crippen molar-refractivity contribution in [1.82, 2.24) is 4.90 Å². The number of ketones is 1. The predicted octanol–water partition coefficient (Wildman–Crippen LogP) is 4.87. The van der Waals surface area contributed by atoms with Crippen LogP contribution in [-0.2, 0) is 9.59 Å². The summed E-state index contributed by atoms with van der Waals surface area (Å²) in [7, 11) is 4.60. The zero-order valence-corrected chi connectivity index (χ0v) is 21.3. The van der Waals surface area contributed by atoms with Crippen molar-refractivity contribution >= 4 is 29.1 Å². The second kappa shape index (κ2) is 11.3. The molecule has 0 radical (unpaired) electrons. The minimum Gasteiger partial charge on any atom is -0.507 e. The molecule has 1 amide bonds. The fourth-order valence-electron chi connectivity index (χ4n) is 4.14. The number of benzene rings is 3. The van der Waals surface area contributed by atoms with Crippen LogP contribution in [0.2, 0.25) is 5.02 Å². The molecular weight excluding hydrogens is 498 g/mol. The summed E-state index contributed by atoms with van der Waals surface area (Å²) in [6, 6.07) is 17.8. The Labute approximate surface area is 219 Å². The second-order valence-corrected chi connectivity index (χ2v) is 8.54. The SMILES string of the molecule is COc1ccc(OCCN2C(=O)C(=O)/C(=C(/O)c3cc(OC)ccc3Cl)C2c2ccc(OC)cc2)cc1. The molecule has 1 unspecified atom stereocenters. The van der Waals surface area contributed by atoms with Gasteiger partial charge in [0.2, 0.25) is 0 Å². The summed E-state index contributed by atoms with van der Waals surface area (Å²) >= 11 is 6.35. The maximum atomic E-state index is 13.2. The van der Waals surface area contributed by atoms with Crippen molar-refractivity contribution in [3.63, 3.8) is 0 Å². The molecule has 192 valence electrons. The maximum absolute atomic E-state index is 13.2. The molecule has 1 aliphatic heterocycles. The lowest BCUT2D eigenvalue weighted by molar-refractivity contribution is -0.140. The zero-order valence-electron chi connectivity index (χ0n) is 20.6. The zero-order chi connectivity index (χ0) is 26.5. The van der Waals surface area contributed by atoms with Crippen molar-refractivity contribution < 1.29 is 33.6 Å². The van der Waals surface area contributed by atoms with Gasteiger partial charge in [0.25, 0.3) is 11.7 Å². The van der Waals surface area contributed by atoms with Gasteiger partial charge in [-0.15, -0.1) is 0 Å². The van der Waals surface area contributed by atoms with E-state index in [2.05, 4.69) is 0 Å². The van der Waals surface area contributed by atoms with Gasteiger partial charge in [-0.3, -0.25) is 9.59 Å². The van der Waals surface area contributed by atoms with E-state index >= 15 is 0 Å². The number of aliphatic hydroxyl groups excluding tert-OH is 1. The first-order valence-electron chi connectivity index (χ1n) is 11.4. The van der Waals surface area contributed by atoms with Crippen LogP contribution in [-0.4, -0.2) is 56.2 Å². The Morgan fingerprint density at radius 3 is 1.97 bits per heavy atom. The summed E-state index contributed by atoms with van der Waals surface area (Å²) in [5.74, 6) is 0.367. The Morgan fingerprint density at radius 1 is 0.838 bits per heavy atom. The number of rotatable bonds is 9. The van der Waals surface area contributed by atoms with E-state index in [0.29, 0.717) is 28.6 Å². The molecule has 1 fully saturated rings. The lowest BCUT2D eigenvalue weighted by Gasteiger charge is -2.25. The number of carbonyl (C=O) groups excluding carboxylic acids is 2. The van der Waals surface area contributed by atoms with E-state index in [1.54, 1.807) is 74.9 Å². The van der Waals surface area contributed by atoms with Crippen LogP contribution in [0.1, 0.15) is 17.2 Å². The molecule has 8 nitrogen and oxygen atoms in total. The number of halogens is 1. The van der Waals surface area contributed by atoms with Crippen LogP contribution in [0.3, 0.4) is 0 Å². The largest absolute Gasteiger partial charge is 0.507 e. The van der Waals surface area contributed by atoms with Gasteiger partial charge >= 0.3 is 0 Å². The fourth-order valence-corrected chi connectivity index (χ4v) is 4.34. The van der Waals surface area contributed by atoms with Crippen molar-refractivity contribution in [3.05, 3.63) is 88.5 Å². The van der Waals surface area contributed by atoms with Crippen molar-refractivity contribution in [2.45, 2.75) is 6.04 Å². The molecule has 3 aromatic rings. The third-order valence-electron chi connectivity index (χ3n) is 6.06. The number of hydrogen-bond acceptors (Lipinski definition) is 7. The summed E-state index contributed by atoms with van der Waals surface area (Å²) in [4.78, 5) is 27.8. The van der Waals surface area contributed by atoms with Gasteiger partial charge < -0.3 is 29.0 Å².